The molecule has 0 radical (unpaired) electrons. The van der Waals surface area contributed by atoms with Gasteiger partial charge in [-0.3, -0.25) is 5.10 Å². The SMILES string of the molecule is FC(F)c1[nH]ncc1-c1ccccc1Cl. The van der Waals surface area contributed by atoms with Gasteiger partial charge in [0.05, 0.1) is 6.20 Å². The molecule has 5 heteroatoms. The summed E-state index contributed by atoms with van der Waals surface area (Å²) in [5.41, 5.74) is 0.696. The Labute approximate surface area is 89.9 Å². The average molecular weight is 229 g/mol. The molecule has 0 spiro atoms. The Morgan fingerprint density at radius 2 is 1.93 bits per heavy atom. The van der Waals surface area contributed by atoms with Gasteiger partial charge in [0.2, 0.25) is 0 Å². The van der Waals surface area contributed by atoms with Crippen LogP contribution in [0.1, 0.15) is 12.1 Å². The van der Waals surface area contributed by atoms with Crippen molar-refractivity contribution in [3.05, 3.63) is 41.2 Å². The summed E-state index contributed by atoms with van der Waals surface area (Å²) in [6.07, 6.45) is -1.23. The maximum Gasteiger partial charge on any atom is 0.280 e. The highest BCUT2D eigenvalue weighted by Gasteiger charge is 2.17. The maximum atomic E-state index is 12.6. The summed E-state index contributed by atoms with van der Waals surface area (Å²) in [5, 5.41) is 6.30. The molecule has 1 aromatic heterocycles. The number of nitrogens with zero attached hydrogens (tertiary/aromatic N) is 1. The summed E-state index contributed by atoms with van der Waals surface area (Å²) >= 11 is 5.91. The first-order valence-electron chi connectivity index (χ1n) is 4.26. The van der Waals surface area contributed by atoms with E-state index in [1.54, 1.807) is 24.3 Å². The molecule has 0 aliphatic heterocycles. The minimum atomic E-state index is -2.58. The van der Waals surface area contributed by atoms with Crippen molar-refractivity contribution < 1.29 is 8.78 Å². The largest absolute Gasteiger partial charge is 0.280 e. The fourth-order valence-corrected chi connectivity index (χ4v) is 1.59. The molecule has 0 amide bonds. The van der Waals surface area contributed by atoms with Crippen molar-refractivity contribution in [1.82, 2.24) is 10.2 Å². The Balaban J connectivity index is 2.55. The van der Waals surface area contributed by atoms with Crippen molar-refractivity contribution in [2.75, 3.05) is 0 Å². The molecule has 2 nitrogen and oxygen atoms in total. The monoisotopic (exact) mass is 228 g/mol. The van der Waals surface area contributed by atoms with Gasteiger partial charge >= 0.3 is 0 Å². The summed E-state index contributed by atoms with van der Waals surface area (Å²) in [5.74, 6) is 0. The number of halogens is 3. The Hall–Kier alpha value is -1.42. The van der Waals surface area contributed by atoms with Crippen molar-refractivity contribution >= 4 is 11.6 Å². The highest BCUT2D eigenvalue weighted by molar-refractivity contribution is 6.33. The van der Waals surface area contributed by atoms with Gasteiger partial charge in [0.15, 0.2) is 0 Å². The smallest absolute Gasteiger partial charge is 0.276 e. The van der Waals surface area contributed by atoms with Gasteiger partial charge in [0, 0.05) is 16.1 Å². The van der Waals surface area contributed by atoms with E-state index in [-0.39, 0.29) is 5.69 Å². The van der Waals surface area contributed by atoms with E-state index in [4.69, 9.17) is 11.6 Å². The second kappa shape index (κ2) is 3.98. The van der Waals surface area contributed by atoms with Crippen LogP contribution in [0.5, 0.6) is 0 Å². The predicted octanol–water partition coefficient (Wildman–Crippen LogP) is 3.67. The zero-order chi connectivity index (χ0) is 10.8. The first-order valence-corrected chi connectivity index (χ1v) is 4.64. The van der Waals surface area contributed by atoms with Gasteiger partial charge in [-0.15, -0.1) is 0 Å². The van der Waals surface area contributed by atoms with Crippen molar-refractivity contribution in [3.63, 3.8) is 0 Å². The van der Waals surface area contributed by atoms with E-state index in [0.29, 0.717) is 16.1 Å². The van der Waals surface area contributed by atoms with E-state index in [2.05, 4.69) is 10.2 Å². The van der Waals surface area contributed by atoms with Crippen molar-refractivity contribution in [1.29, 1.82) is 0 Å². The van der Waals surface area contributed by atoms with E-state index in [0.717, 1.165) is 0 Å². The number of hydrogen-bond acceptors (Lipinski definition) is 1. The third-order valence-electron chi connectivity index (χ3n) is 2.05. The minimum absolute atomic E-state index is 0.205. The Morgan fingerprint density at radius 3 is 2.60 bits per heavy atom. The van der Waals surface area contributed by atoms with Crippen molar-refractivity contribution in [3.8, 4) is 11.1 Å². The number of alkyl halides is 2. The van der Waals surface area contributed by atoms with Gasteiger partial charge in [-0.05, 0) is 6.07 Å². The second-order valence-electron chi connectivity index (χ2n) is 2.98. The van der Waals surface area contributed by atoms with Crippen LogP contribution in [0.2, 0.25) is 5.02 Å². The van der Waals surface area contributed by atoms with Crippen LogP contribution in [0.15, 0.2) is 30.5 Å². The molecule has 1 N–H and O–H groups in total. The van der Waals surface area contributed by atoms with E-state index < -0.39 is 6.43 Å². The van der Waals surface area contributed by atoms with Crippen LogP contribution in [-0.2, 0) is 0 Å². The fourth-order valence-electron chi connectivity index (χ4n) is 1.36. The summed E-state index contributed by atoms with van der Waals surface area (Å²) in [6, 6.07) is 6.82. The zero-order valence-corrected chi connectivity index (χ0v) is 8.30. The topological polar surface area (TPSA) is 28.7 Å². The lowest BCUT2D eigenvalue weighted by Crippen LogP contribution is -1.88. The number of aromatic nitrogens is 2. The van der Waals surface area contributed by atoms with Crippen LogP contribution in [0.3, 0.4) is 0 Å². The lowest BCUT2D eigenvalue weighted by molar-refractivity contribution is 0.146. The summed E-state index contributed by atoms with van der Waals surface area (Å²) in [4.78, 5) is 0. The van der Waals surface area contributed by atoms with Gasteiger partial charge < -0.3 is 0 Å². The highest BCUT2D eigenvalue weighted by atomic mass is 35.5. The summed E-state index contributed by atoms with van der Waals surface area (Å²) in [7, 11) is 0. The standard InChI is InChI=1S/C10H7ClF2N2/c11-8-4-2-1-3-6(8)7-5-14-15-9(7)10(12)13/h1-5,10H,(H,14,15). The van der Waals surface area contributed by atoms with Crippen LogP contribution in [0, 0.1) is 0 Å². The van der Waals surface area contributed by atoms with Crippen LogP contribution >= 0.6 is 11.6 Å². The number of H-pyrrole nitrogens is 1. The molecule has 1 heterocycles. The minimum Gasteiger partial charge on any atom is -0.276 e. The first kappa shape index (κ1) is 10.1. The summed E-state index contributed by atoms with van der Waals surface area (Å²) < 4.78 is 25.1. The van der Waals surface area contributed by atoms with Crippen molar-refractivity contribution in [2.45, 2.75) is 6.43 Å². The second-order valence-corrected chi connectivity index (χ2v) is 3.39. The Kier molecular flexibility index (Phi) is 2.68. The molecule has 0 atom stereocenters. The van der Waals surface area contributed by atoms with Gasteiger partial charge in [0.1, 0.15) is 5.69 Å². The molecule has 2 rings (SSSR count). The molecule has 0 aliphatic rings. The van der Waals surface area contributed by atoms with Crippen molar-refractivity contribution in [2.24, 2.45) is 0 Å². The molecule has 2 aromatic rings. The molecule has 0 bridgehead atoms. The number of rotatable bonds is 2. The van der Waals surface area contributed by atoms with Gasteiger partial charge in [-0.2, -0.15) is 5.10 Å². The summed E-state index contributed by atoms with van der Waals surface area (Å²) in [6.45, 7) is 0. The lowest BCUT2D eigenvalue weighted by atomic mass is 10.1. The van der Waals surface area contributed by atoms with E-state index in [9.17, 15) is 8.78 Å². The quantitative estimate of drug-likeness (QED) is 0.835. The third-order valence-corrected chi connectivity index (χ3v) is 2.38. The van der Waals surface area contributed by atoms with Gasteiger partial charge in [-0.25, -0.2) is 8.78 Å². The molecular weight excluding hydrogens is 222 g/mol. The number of aromatic amines is 1. The molecule has 0 unspecified atom stereocenters. The molecule has 0 saturated heterocycles. The lowest BCUT2D eigenvalue weighted by Gasteiger charge is -2.03. The average Bonchev–Trinajstić information content (AvgIpc) is 2.67. The fraction of sp³-hybridized carbons (Fsp3) is 0.100. The van der Waals surface area contributed by atoms with Crippen LogP contribution in [0.4, 0.5) is 8.78 Å². The number of nitrogens with one attached hydrogen (secondary N) is 1. The number of benzene rings is 1. The Bertz CT molecular complexity index is 468. The highest BCUT2D eigenvalue weighted by Crippen LogP contribution is 2.33. The van der Waals surface area contributed by atoms with Gasteiger partial charge in [-0.1, -0.05) is 29.8 Å². The van der Waals surface area contributed by atoms with E-state index >= 15 is 0 Å². The zero-order valence-electron chi connectivity index (χ0n) is 7.55. The third kappa shape index (κ3) is 1.85. The normalized spacial score (nSPS) is 10.9. The molecule has 1 aromatic carbocycles. The van der Waals surface area contributed by atoms with E-state index in [1.165, 1.54) is 6.20 Å². The first-order chi connectivity index (χ1) is 7.20. The molecule has 0 aliphatic carbocycles. The maximum absolute atomic E-state index is 12.6. The van der Waals surface area contributed by atoms with E-state index in [1.807, 2.05) is 0 Å². The molecule has 0 fully saturated rings. The van der Waals surface area contributed by atoms with Crippen LogP contribution in [-0.4, -0.2) is 10.2 Å². The molecular formula is C10H7ClF2N2. The Morgan fingerprint density at radius 1 is 1.20 bits per heavy atom. The number of hydrogen-bond donors (Lipinski definition) is 1. The molecule has 78 valence electrons. The van der Waals surface area contributed by atoms with Crippen LogP contribution in [0.25, 0.3) is 11.1 Å². The molecule has 0 saturated carbocycles. The van der Waals surface area contributed by atoms with Gasteiger partial charge in [0.25, 0.3) is 6.43 Å². The molecule has 15 heavy (non-hydrogen) atoms. The predicted molar refractivity (Wildman–Crippen MR) is 54.0 cm³/mol. The van der Waals surface area contributed by atoms with Crippen LogP contribution < -0.4 is 0 Å².